The Kier molecular flexibility index (Phi) is 7.89. The van der Waals surface area contributed by atoms with Crippen LogP contribution in [0.5, 0.6) is 0 Å². The van der Waals surface area contributed by atoms with Crippen molar-refractivity contribution in [1.29, 1.82) is 0 Å². The van der Waals surface area contributed by atoms with Crippen LogP contribution in [-0.4, -0.2) is 44.5 Å². The van der Waals surface area contributed by atoms with Crippen LogP contribution in [0.15, 0.2) is 47.1 Å². The molecule has 140 valence electrons. The smallest absolute Gasteiger partial charge is 0.338 e. The van der Waals surface area contributed by atoms with Gasteiger partial charge in [-0.1, -0.05) is 0 Å². The summed E-state index contributed by atoms with van der Waals surface area (Å²) in [5, 5.41) is 3.16. The van der Waals surface area contributed by atoms with E-state index in [4.69, 9.17) is 9.15 Å². The van der Waals surface area contributed by atoms with Crippen molar-refractivity contribution in [2.75, 3.05) is 38.1 Å². The number of hydrogen-bond acceptors (Lipinski definition) is 5. The minimum absolute atomic E-state index is 0.0435. The number of esters is 1. The van der Waals surface area contributed by atoms with Gasteiger partial charge in [0.25, 0.3) is 0 Å². The zero-order valence-corrected chi connectivity index (χ0v) is 15.4. The van der Waals surface area contributed by atoms with Crippen molar-refractivity contribution in [2.45, 2.75) is 20.3 Å². The van der Waals surface area contributed by atoms with Crippen molar-refractivity contribution in [2.24, 2.45) is 0 Å². The van der Waals surface area contributed by atoms with Crippen LogP contribution in [0, 0.1) is 0 Å². The van der Waals surface area contributed by atoms with Crippen LogP contribution < -0.4 is 10.2 Å². The van der Waals surface area contributed by atoms with E-state index in [0.717, 1.165) is 25.3 Å². The van der Waals surface area contributed by atoms with Crippen LogP contribution in [-0.2, 0) is 4.74 Å². The molecule has 1 heterocycles. The van der Waals surface area contributed by atoms with Gasteiger partial charge in [-0.15, -0.1) is 0 Å². The SMILES string of the molecule is CC[NH+](CC)CCOC(=O)c1ccc(NCCC(=O)c2ccco2)cc1. The molecule has 0 fully saturated rings. The van der Waals surface area contributed by atoms with Gasteiger partial charge in [-0.3, -0.25) is 4.79 Å². The number of benzene rings is 1. The number of nitrogens with one attached hydrogen (secondary N) is 2. The Morgan fingerprint density at radius 1 is 1.12 bits per heavy atom. The molecule has 6 nitrogen and oxygen atoms in total. The number of carbonyl (C=O) groups is 2. The van der Waals surface area contributed by atoms with Crippen LogP contribution in [0.2, 0.25) is 0 Å². The number of carbonyl (C=O) groups excluding carboxylic acids is 2. The van der Waals surface area contributed by atoms with Gasteiger partial charge in [-0.25, -0.2) is 4.79 Å². The molecule has 0 amide bonds. The van der Waals surface area contributed by atoms with Gasteiger partial charge in [-0.2, -0.15) is 0 Å². The first-order valence-electron chi connectivity index (χ1n) is 9.05. The highest BCUT2D eigenvalue weighted by atomic mass is 16.5. The van der Waals surface area contributed by atoms with E-state index in [9.17, 15) is 9.59 Å². The Morgan fingerprint density at radius 3 is 2.46 bits per heavy atom. The first-order valence-corrected chi connectivity index (χ1v) is 9.05. The number of hydrogen-bond donors (Lipinski definition) is 2. The second-order valence-electron chi connectivity index (χ2n) is 6.00. The highest BCUT2D eigenvalue weighted by Gasteiger charge is 2.10. The van der Waals surface area contributed by atoms with E-state index in [0.29, 0.717) is 30.9 Å². The summed E-state index contributed by atoms with van der Waals surface area (Å²) >= 11 is 0. The van der Waals surface area contributed by atoms with E-state index >= 15 is 0 Å². The van der Waals surface area contributed by atoms with Crippen molar-refractivity contribution >= 4 is 17.4 Å². The van der Waals surface area contributed by atoms with Gasteiger partial charge < -0.3 is 19.4 Å². The predicted octanol–water partition coefficient (Wildman–Crippen LogP) is 2.05. The highest BCUT2D eigenvalue weighted by molar-refractivity contribution is 5.93. The molecule has 6 heteroatoms. The maximum Gasteiger partial charge on any atom is 0.338 e. The number of ketones is 1. The summed E-state index contributed by atoms with van der Waals surface area (Å²) in [5.74, 6) is 0.0191. The molecular formula is C20H27N2O4+. The molecule has 1 aromatic heterocycles. The number of Topliss-reactive ketones (excluding diaryl/α,β-unsaturated/α-hetero) is 1. The van der Waals surface area contributed by atoms with Gasteiger partial charge >= 0.3 is 5.97 Å². The van der Waals surface area contributed by atoms with Crippen LogP contribution in [0.1, 0.15) is 41.2 Å². The lowest BCUT2D eigenvalue weighted by Crippen LogP contribution is -3.11. The van der Waals surface area contributed by atoms with Gasteiger partial charge in [0, 0.05) is 18.7 Å². The average molecular weight is 359 g/mol. The van der Waals surface area contributed by atoms with E-state index < -0.39 is 0 Å². The maximum absolute atomic E-state index is 12.0. The fourth-order valence-corrected chi connectivity index (χ4v) is 2.58. The van der Waals surface area contributed by atoms with E-state index in [2.05, 4.69) is 19.2 Å². The lowest BCUT2D eigenvalue weighted by atomic mass is 10.2. The molecular weight excluding hydrogens is 332 g/mol. The van der Waals surface area contributed by atoms with Crippen molar-refractivity contribution in [3.05, 3.63) is 54.0 Å². The Hall–Kier alpha value is -2.60. The van der Waals surface area contributed by atoms with Crippen LogP contribution in [0.25, 0.3) is 0 Å². The third kappa shape index (κ3) is 6.04. The van der Waals surface area contributed by atoms with Gasteiger partial charge in [0.15, 0.2) is 11.5 Å². The maximum atomic E-state index is 12.0. The van der Waals surface area contributed by atoms with Crippen molar-refractivity contribution in [3.8, 4) is 0 Å². The molecule has 0 aliphatic carbocycles. The monoisotopic (exact) mass is 359 g/mol. The molecule has 0 radical (unpaired) electrons. The van der Waals surface area contributed by atoms with Crippen molar-refractivity contribution < 1.29 is 23.6 Å². The molecule has 2 N–H and O–H groups in total. The molecule has 0 saturated heterocycles. The molecule has 0 atom stereocenters. The molecule has 0 saturated carbocycles. The van der Waals surface area contributed by atoms with E-state index in [1.54, 1.807) is 24.3 Å². The summed E-state index contributed by atoms with van der Waals surface area (Å²) in [6.45, 7) is 8.03. The summed E-state index contributed by atoms with van der Waals surface area (Å²) in [5.41, 5.74) is 1.37. The summed E-state index contributed by atoms with van der Waals surface area (Å²) in [6, 6.07) is 10.4. The molecule has 0 unspecified atom stereocenters. The van der Waals surface area contributed by atoms with Gasteiger partial charge in [-0.05, 0) is 50.2 Å². The first kappa shape index (κ1) is 19.7. The molecule has 1 aromatic carbocycles. The topological polar surface area (TPSA) is 73.0 Å². The number of rotatable bonds is 11. The standard InChI is InChI=1S/C20H26N2O4/c1-3-22(4-2)13-15-26-20(24)16-7-9-17(10-8-16)21-12-11-18(23)19-6-5-14-25-19/h5-10,14,21H,3-4,11-13,15H2,1-2H3/p+1. The fourth-order valence-electron chi connectivity index (χ4n) is 2.58. The molecule has 0 spiro atoms. The Balaban J connectivity index is 1.73. The third-order valence-electron chi connectivity index (χ3n) is 4.29. The van der Waals surface area contributed by atoms with Crippen LogP contribution in [0.3, 0.4) is 0 Å². The van der Waals surface area contributed by atoms with E-state index in [-0.39, 0.29) is 11.8 Å². The van der Waals surface area contributed by atoms with E-state index in [1.165, 1.54) is 11.2 Å². The van der Waals surface area contributed by atoms with Gasteiger partial charge in [0.05, 0.1) is 24.9 Å². The Bertz CT molecular complexity index is 676. The zero-order chi connectivity index (χ0) is 18.8. The van der Waals surface area contributed by atoms with Crippen LogP contribution in [0.4, 0.5) is 5.69 Å². The molecule has 2 aromatic rings. The molecule has 0 aliphatic rings. The number of furan rings is 1. The molecule has 26 heavy (non-hydrogen) atoms. The largest absolute Gasteiger partial charge is 0.461 e. The first-order chi connectivity index (χ1) is 12.6. The summed E-state index contributed by atoms with van der Waals surface area (Å²) < 4.78 is 10.4. The normalized spacial score (nSPS) is 10.7. The van der Waals surface area contributed by atoms with Crippen molar-refractivity contribution in [1.82, 2.24) is 0 Å². The zero-order valence-electron chi connectivity index (χ0n) is 15.4. The number of anilines is 1. The number of ether oxygens (including phenoxy) is 1. The second kappa shape index (κ2) is 10.4. The van der Waals surface area contributed by atoms with Gasteiger partial charge in [0.2, 0.25) is 0 Å². The lowest BCUT2D eigenvalue weighted by molar-refractivity contribution is -0.896. The van der Waals surface area contributed by atoms with E-state index in [1.807, 2.05) is 12.1 Å². The lowest BCUT2D eigenvalue weighted by Gasteiger charge is -2.15. The molecule has 2 rings (SSSR count). The minimum Gasteiger partial charge on any atom is -0.461 e. The Labute approximate surface area is 154 Å². The summed E-state index contributed by atoms with van der Waals surface area (Å²) in [4.78, 5) is 25.3. The minimum atomic E-state index is -0.309. The molecule has 0 bridgehead atoms. The van der Waals surface area contributed by atoms with Gasteiger partial charge in [0.1, 0.15) is 13.2 Å². The molecule has 0 aliphatic heterocycles. The fraction of sp³-hybridized carbons (Fsp3) is 0.400. The van der Waals surface area contributed by atoms with Crippen LogP contribution >= 0.6 is 0 Å². The third-order valence-corrected chi connectivity index (χ3v) is 4.29. The second-order valence-corrected chi connectivity index (χ2v) is 6.00. The van der Waals surface area contributed by atoms with Crippen molar-refractivity contribution in [3.63, 3.8) is 0 Å². The predicted molar refractivity (Wildman–Crippen MR) is 99.8 cm³/mol. The highest BCUT2D eigenvalue weighted by Crippen LogP contribution is 2.11. The number of quaternary nitrogens is 1. The summed E-state index contributed by atoms with van der Waals surface area (Å²) in [6.07, 6.45) is 1.83. The average Bonchev–Trinajstić information content (AvgIpc) is 3.20. The summed E-state index contributed by atoms with van der Waals surface area (Å²) in [7, 11) is 0. The Morgan fingerprint density at radius 2 is 1.85 bits per heavy atom. The quantitative estimate of drug-likeness (QED) is 0.474. The number of likely N-dealkylation sites (N-methyl/N-ethyl adjacent to an activating group) is 1.